The highest BCUT2D eigenvalue weighted by Gasteiger charge is 2.11. The van der Waals surface area contributed by atoms with Crippen molar-refractivity contribution in [3.63, 3.8) is 0 Å². The van der Waals surface area contributed by atoms with Crippen LogP contribution in [0.5, 0.6) is 11.5 Å². The summed E-state index contributed by atoms with van der Waals surface area (Å²) in [6, 6.07) is 8.04. The van der Waals surface area contributed by atoms with Crippen molar-refractivity contribution in [2.24, 2.45) is 0 Å². The molecule has 0 aromatic heterocycles. The van der Waals surface area contributed by atoms with E-state index in [0.29, 0.717) is 32.8 Å². The molecule has 2 rings (SSSR count). The Hall–Kier alpha value is -2.41. The zero-order valence-electron chi connectivity index (χ0n) is 14.9. The van der Waals surface area contributed by atoms with Crippen molar-refractivity contribution >= 4 is 58.4 Å². The maximum atomic E-state index is 11.9. The maximum absolute atomic E-state index is 11.9. The van der Waals surface area contributed by atoms with E-state index in [0.717, 1.165) is 6.08 Å². The summed E-state index contributed by atoms with van der Waals surface area (Å²) >= 11 is 18.0. The van der Waals surface area contributed by atoms with Gasteiger partial charge in [0.05, 0.1) is 35.0 Å². The lowest BCUT2D eigenvalue weighted by Crippen LogP contribution is -2.20. The molecule has 0 spiro atoms. The molecular weight excluding hydrogens is 429 g/mol. The molecule has 0 aliphatic carbocycles. The number of carbonyl (C=O) groups excluding carboxylic acids is 2. The van der Waals surface area contributed by atoms with E-state index in [1.807, 2.05) is 0 Å². The highest BCUT2D eigenvalue weighted by atomic mass is 35.5. The van der Waals surface area contributed by atoms with Gasteiger partial charge in [0.1, 0.15) is 0 Å². The number of amides is 1. The van der Waals surface area contributed by atoms with E-state index in [1.165, 1.54) is 20.3 Å². The van der Waals surface area contributed by atoms with Crippen LogP contribution in [0.2, 0.25) is 15.1 Å². The van der Waals surface area contributed by atoms with Crippen LogP contribution >= 0.6 is 34.8 Å². The zero-order valence-corrected chi connectivity index (χ0v) is 17.2. The normalized spacial score (nSPS) is 10.6. The highest BCUT2D eigenvalue weighted by Crippen LogP contribution is 2.36. The summed E-state index contributed by atoms with van der Waals surface area (Å²) in [4.78, 5) is 23.7. The summed E-state index contributed by atoms with van der Waals surface area (Å²) in [6.07, 6.45) is 2.64. The lowest BCUT2D eigenvalue weighted by molar-refractivity contribution is -0.142. The van der Waals surface area contributed by atoms with E-state index in [1.54, 1.807) is 30.3 Å². The van der Waals surface area contributed by atoms with Crippen LogP contribution in [0.1, 0.15) is 5.56 Å². The van der Waals surface area contributed by atoms with Gasteiger partial charge in [-0.1, -0.05) is 40.9 Å². The van der Waals surface area contributed by atoms with Crippen molar-refractivity contribution in [3.05, 3.63) is 57.0 Å². The van der Waals surface area contributed by atoms with Gasteiger partial charge in [0.2, 0.25) is 0 Å². The molecule has 0 heterocycles. The number of halogens is 3. The first-order valence-electron chi connectivity index (χ1n) is 7.86. The molecule has 2 aromatic rings. The molecule has 1 amide bonds. The number of rotatable bonds is 7. The lowest BCUT2D eigenvalue weighted by atomic mass is 10.2. The Morgan fingerprint density at radius 3 is 2.50 bits per heavy atom. The fourth-order valence-corrected chi connectivity index (χ4v) is 2.81. The van der Waals surface area contributed by atoms with Crippen LogP contribution in [0.4, 0.5) is 5.69 Å². The first-order valence-corrected chi connectivity index (χ1v) is 8.99. The van der Waals surface area contributed by atoms with Crippen molar-refractivity contribution in [2.45, 2.75) is 0 Å². The number of methoxy groups -OCH3 is 2. The number of carbonyl (C=O) groups is 2. The van der Waals surface area contributed by atoms with Gasteiger partial charge in [-0.2, -0.15) is 0 Å². The molecule has 148 valence electrons. The maximum Gasteiger partial charge on any atom is 0.331 e. The fraction of sp³-hybridized carbons (Fsp3) is 0.158. The van der Waals surface area contributed by atoms with Crippen molar-refractivity contribution < 1.29 is 23.8 Å². The van der Waals surface area contributed by atoms with Gasteiger partial charge in [-0.05, 0) is 35.9 Å². The molecule has 0 aliphatic heterocycles. The van der Waals surface area contributed by atoms with Gasteiger partial charge >= 0.3 is 5.97 Å². The number of hydrogen-bond donors (Lipinski definition) is 1. The number of benzene rings is 2. The average Bonchev–Trinajstić information content (AvgIpc) is 2.67. The molecule has 2 aromatic carbocycles. The van der Waals surface area contributed by atoms with E-state index in [9.17, 15) is 9.59 Å². The van der Waals surface area contributed by atoms with Gasteiger partial charge in [-0.15, -0.1) is 0 Å². The molecule has 9 heteroatoms. The Morgan fingerprint density at radius 2 is 1.82 bits per heavy atom. The summed E-state index contributed by atoms with van der Waals surface area (Å²) in [5, 5.41) is 3.34. The standard InChI is InChI=1S/C19H16Cl3NO5/c1-26-15-9-11(8-13(21)19(15)27-2)6-7-17(25)28-10-16(24)23-14-5-3-4-12(20)18(14)22/h3-9H,10H2,1-2H3,(H,23,24)/b7-6+. The molecule has 1 N–H and O–H groups in total. The number of anilines is 1. The number of ether oxygens (including phenoxy) is 3. The Balaban J connectivity index is 1.94. The molecule has 0 saturated carbocycles. The van der Waals surface area contributed by atoms with Gasteiger partial charge in [0, 0.05) is 6.08 Å². The van der Waals surface area contributed by atoms with E-state index < -0.39 is 18.5 Å². The highest BCUT2D eigenvalue weighted by molar-refractivity contribution is 6.44. The Kier molecular flexibility index (Phi) is 7.99. The first-order chi connectivity index (χ1) is 13.3. The second-order valence-electron chi connectivity index (χ2n) is 5.33. The van der Waals surface area contributed by atoms with Crippen LogP contribution in [-0.4, -0.2) is 32.7 Å². The molecule has 6 nitrogen and oxygen atoms in total. The molecule has 0 atom stereocenters. The van der Waals surface area contributed by atoms with Crippen LogP contribution < -0.4 is 14.8 Å². The summed E-state index contributed by atoms with van der Waals surface area (Å²) in [7, 11) is 2.94. The van der Waals surface area contributed by atoms with Crippen LogP contribution in [0.3, 0.4) is 0 Å². The van der Waals surface area contributed by atoms with Crippen LogP contribution in [0, 0.1) is 0 Å². The zero-order chi connectivity index (χ0) is 20.7. The smallest absolute Gasteiger partial charge is 0.331 e. The topological polar surface area (TPSA) is 73.9 Å². The number of esters is 1. The Bertz CT molecular complexity index is 915. The molecule has 0 aliphatic rings. The third-order valence-electron chi connectivity index (χ3n) is 3.44. The Morgan fingerprint density at radius 1 is 1.07 bits per heavy atom. The minimum Gasteiger partial charge on any atom is -0.493 e. The molecule has 0 radical (unpaired) electrons. The third kappa shape index (κ3) is 5.79. The van der Waals surface area contributed by atoms with Crippen molar-refractivity contribution in [1.82, 2.24) is 0 Å². The quantitative estimate of drug-likeness (QED) is 0.488. The van der Waals surface area contributed by atoms with Gasteiger partial charge in [0.15, 0.2) is 18.1 Å². The average molecular weight is 445 g/mol. The minimum absolute atomic E-state index is 0.203. The summed E-state index contributed by atoms with van der Waals surface area (Å²) in [5.41, 5.74) is 0.917. The monoisotopic (exact) mass is 443 g/mol. The van der Waals surface area contributed by atoms with Gasteiger partial charge in [-0.3, -0.25) is 4.79 Å². The van der Waals surface area contributed by atoms with E-state index in [4.69, 9.17) is 49.0 Å². The van der Waals surface area contributed by atoms with E-state index in [-0.39, 0.29) is 5.02 Å². The van der Waals surface area contributed by atoms with Crippen molar-refractivity contribution in [3.8, 4) is 11.5 Å². The number of hydrogen-bond acceptors (Lipinski definition) is 5. The van der Waals surface area contributed by atoms with Crippen LogP contribution in [0.15, 0.2) is 36.4 Å². The van der Waals surface area contributed by atoms with Gasteiger partial charge in [0.25, 0.3) is 5.91 Å². The Labute approximate surface area is 176 Å². The molecule has 28 heavy (non-hydrogen) atoms. The van der Waals surface area contributed by atoms with Crippen molar-refractivity contribution in [2.75, 3.05) is 26.1 Å². The molecule has 0 bridgehead atoms. The molecule has 0 fully saturated rings. The lowest BCUT2D eigenvalue weighted by Gasteiger charge is -2.10. The van der Waals surface area contributed by atoms with E-state index in [2.05, 4.69) is 5.32 Å². The predicted octanol–water partition coefficient (Wildman–Crippen LogP) is 4.86. The minimum atomic E-state index is -0.710. The third-order valence-corrected chi connectivity index (χ3v) is 4.54. The summed E-state index contributed by atoms with van der Waals surface area (Å²) in [5.74, 6) is -0.459. The van der Waals surface area contributed by atoms with E-state index >= 15 is 0 Å². The van der Waals surface area contributed by atoms with Crippen molar-refractivity contribution in [1.29, 1.82) is 0 Å². The second kappa shape index (κ2) is 10.2. The van der Waals surface area contributed by atoms with Crippen LogP contribution in [-0.2, 0) is 14.3 Å². The molecule has 0 unspecified atom stereocenters. The second-order valence-corrected chi connectivity index (χ2v) is 6.52. The van der Waals surface area contributed by atoms with Gasteiger partial charge in [-0.25, -0.2) is 4.79 Å². The summed E-state index contributed by atoms with van der Waals surface area (Å²) in [6.45, 7) is -0.487. The van der Waals surface area contributed by atoms with Gasteiger partial charge < -0.3 is 19.5 Å². The molecule has 0 saturated heterocycles. The first kappa shape index (κ1) is 21.9. The number of nitrogens with one attached hydrogen (secondary N) is 1. The van der Waals surface area contributed by atoms with Crippen LogP contribution in [0.25, 0.3) is 6.08 Å². The molecular formula is C19H16Cl3NO5. The largest absolute Gasteiger partial charge is 0.493 e. The fourth-order valence-electron chi connectivity index (χ4n) is 2.17. The SMILES string of the molecule is COc1cc(/C=C/C(=O)OCC(=O)Nc2cccc(Cl)c2Cl)cc(Cl)c1OC. The summed E-state index contributed by atoms with van der Waals surface area (Å²) < 4.78 is 15.2. The predicted molar refractivity (Wildman–Crippen MR) is 110 cm³/mol.